The highest BCUT2D eigenvalue weighted by Crippen LogP contribution is 2.49. The lowest BCUT2D eigenvalue weighted by Gasteiger charge is -2.32. The fraction of sp³-hybridized carbons (Fsp3) is 0.0986. The zero-order chi connectivity index (χ0) is 55.5. The van der Waals surface area contributed by atoms with Gasteiger partial charge in [-0.05, 0) is 137 Å². The standard InChI is InChI=1S/C22H23BO2S.C16H10Br2S.C16H11BrS.C16H12S.CH4.B/c1-21(2)22(3,4)25-23(24-21)18-15-26-20(17-13-9-6-10-14-17)19(18)16-11-7-5-8-12-16;17-14-13(11-7-3-1-4-8-11)15(19-16(14)18)12-9-5-2-6-10-12;17-14-11-18-16(13-9-5-2-6-10-13)15(14)12-7-3-1-4-8-12;1-3-7-13(8-4-1)15-11-12-17-16(15)14-9-5-2-6-10-14;;/h5-15H,1-4H3;1-10H;1-11H;1-12H;1H4;. The molecule has 1 aliphatic rings. The molecule has 13 rings (SSSR count). The van der Waals surface area contributed by atoms with Crippen molar-refractivity contribution in [3.8, 4) is 86.3 Å². The summed E-state index contributed by atoms with van der Waals surface area (Å²) in [5, 5.41) is 6.50. The molecule has 0 atom stereocenters. The molecule has 0 amide bonds. The van der Waals surface area contributed by atoms with E-state index in [-0.39, 0.29) is 34.2 Å². The van der Waals surface area contributed by atoms with E-state index in [0.717, 1.165) is 18.2 Å². The average Bonchev–Trinajstić information content (AvgIpc) is 4.12. The van der Waals surface area contributed by atoms with Crippen molar-refractivity contribution in [2.45, 2.75) is 46.3 Å². The Bertz CT molecular complexity index is 3780. The molecule has 0 unspecified atom stereocenters. The number of rotatable bonds is 9. The fourth-order valence-electron chi connectivity index (χ4n) is 9.24. The minimum absolute atomic E-state index is 0. The van der Waals surface area contributed by atoms with E-state index >= 15 is 0 Å². The van der Waals surface area contributed by atoms with Gasteiger partial charge in [-0.25, -0.2) is 0 Å². The summed E-state index contributed by atoms with van der Waals surface area (Å²) in [5.41, 5.74) is 15.5. The Labute approximate surface area is 528 Å². The molecule has 82 heavy (non-hydrogen) atoms. The van der Waals surface area contributed by atoms with Crippen LogP contribution in [0.2, 0.25) is 0 Å². The molecule has 1 aliphatic heterocycles. The second kappa shape index (κ2) is 29.0. The van der Waals surface area contributed by atoms with E-state index < -0.39 is 0 Å². The van der Waals surface area contributed by atoms with Crippen molar-refractivity contribution in [3.05, 3.63) is 278 Å². The molecular formula is C71H60B2Br3O2S4. The topological polar surface area (TPSA) is 18.5 Å². The molecule has 3 radical (unpaired) electrons. The van der Waals surface area contributed by atoms with Crippen LogP contribution >= 0.6 is 93.1 Å². The van der Waals surface area contributed by atoms with E-state index in [1.807, 2.05) is 30.3 Å². The van der Waals surface area contributed by atoms with Crippen LogP contribution in [0.25, 0.3) is 86.3 Å². The van der Waals surface area contributed by atoms with Gasteiger partial charge in [0.05, 0.1) is 19.5 Å². The SMILES string of the molecule is Brc1csc(-c2ccccc2)c1-c1ccccc1.Brc1sc(-c2ccccc2)c(-c2ccccc2)c1Br.C.CC1(C)OB(c2csc(-c3ccccc3)c2-c2ccccc2)OC1(C)C.[B].c1ccc(-c2ccsc2-c2ccccc2)cc1. The van der Waals surface area contributed by atoms with Crippen molar-refractivity contribution in [2.75, 3.05) is 0 Å². The summed E-state index contributed by atoms with van der Waals surface area (Å²) < 4.78 is 16.1. The molecule has 8 aromatic carbocycles. The summed E-state index contributed by atoms with van der Waals surface area (Å²) in [7, 11) is -0.357. The minimum atomic E-state index is -0.357. The van der Waals surface area contributed by atoms with Crippen molar-refractivity contribution in [1.29, 1.82) is 0 Å². The Morgan fingerprint density at radius 3 is 1.11 bits per heavy atom. The van der Waals surface area contributed by atoms with Crippen molar-refractivity contribution in [2.24, 2.45) is 0 Å². The van der Waals surface area contributed by atoms with Gasteiger partial charge >= 0.3 is 7.12 Å². The quantitative estimate of drug-likeness (QED) is 0.134. The Morgan fingerprint density at radius 2 is 0.683 bits per heavy atom. The minimum Gasteiger partial charge on any atom is -0.399 e. The lowest BCUT2D eigenvalue weighted by Crippen LogP contribution is -2.41. The van der Waals surface area contributed by atoms with Gasteiger partial charge in [0.25, 0.3) is 0 Å². The maximum absolute atomic E-state index is 6.35. The molecule has 11 heteroatoms. The van der Waals surface area contributed by atoms with Crippen LogP contribution in [0.4, 0.5) is 0 Å². The van der Waals surface area contributed by atoms with Crippen LogP contribution in [-0.4, -0.2) is 26.7 Å². The lowest BCUT2D eigenvalue weighted by atomic mass is 9.76. The molecule has 0 spiro atoms. The smallest absolute Gasteiger partial charge is 0.399 e. The van der Waals surface area contributed by atoms with Crippen molar-refractivity contribution in [3.63, 3.8) is 0 Å². The number of hydrogen-bond acceptors (Lipinski definition) is 6. The van der Waals surface area contributed by atoms with Gasteiger partial charge in [0.2, 0.25) is 0 Å². The Hall–Kier alpha value is -5.95. The van der Waals surface area contributed by atoms with Gasteiger partial charge in [-0.15, -0.1) is 45.3 Å². The van der Waals surface area contributed by atoms with Gasteiger partial charge in [-0.2, -0.15) is 0 Å². The van der Waals surface area contributed by atoms with Crippen LogP contribution in [0.3, 0.4) is 0 Å². The summed E-state index contributed by atoms with van der Waals surface area (Å²) in [5.74, 6) is 0. The van der Waals surface area contributed by atoms with Gasteiger partial charge in [-0.1, -0.05) is 250 Å². The van der Waals surface area contributed by atoms with Gasteiger partial charge < -0.3 is 9.31 Å². The molecule has 5 heterocycles. The van der Waals surface area contributed by atoms with Crippen molar-refractivity contribution >= 4 is 114 Å². The normalized spacial score (nSPS) is 12.7. The molecule has 0 saturated carbocycles. The number of thiophene rings is 4. The fourth-order valence-corrected chi connectivity index (χ4v) is 15.5. The van der Waals surface area contributed by atoms with Crippen molar-refractivity contribution in [1.82, 2.24) is 0 Å². The largest absolute Gasteiger partial charge is 0.496 e. The summed E-state index contributed by atoms with van der Waals surface area (Å²) in [6.07, 6.45) is 0. The first-order valence-corrected chi connectivity index (χ1v) is 32.0. The van der Waals surface area contributed by atoms with Crippen LogP contribution < -0.4 is 5.46 Å². The van der Waals surface area contributed by atoms with E-state index in [2.05, 4.69) is 310 Å². The average molecular weight is 1330 g/mol. The summed E-state index contributed by atoms with van der Waals surface area (Å²) in [6.45, 7) is 8.39. The maximum Gasteiger partial charge on any atom is 0.496 e. The Morgan fingerprint density at radius 1 is 0.354 bits per heavy atom. The third kappa shape index (κ3) is 14.5. The predicted molar refractivity (Wildman–Crippen MR) is 372 cm³/mol. The molecule has 2 nitrogen and oxygen atoms in total. The molecule has 12 aromatic rings. The third-order valence-corrected chi connectivity index (χ3v) is 21.4. The molecule has 407 valence electrons. The van der Waals surface area contributed by atoms with E-state index in [9.17, 15) is 0 Å². The van der Waals surface area contributed by atoms with E-state index in [4.69, 9.17) is 9.31 Å². The van der Waals surface area contributed by atoms with Crippen LogP contribution in [0.5, 0.6) is 0 Å². The highest BCUT2D eigenvalue weighted by molar-refractivity contribution is 9.13. The van der Waals surface area contributed by atoms with Crippen LogP contribution in [0.1, 0.15) is 35.1 Å². The first-order chi connectivity index (χ1) is 39.0. The molecule has 0 bridgehead atoms. The molecule has 1 saturated heterocycles. The molecule has 4 aromatic heterocycles. The highest BCUT2D eigenvalue weighted by Gasteiger charge is 2.52. The van der Waals surface area contributed by atoms with Gasteiger partial charge in [-0.3, -0.25) is 0 Å². The van der Waals surface area contributed by atoms with Gasteiger partial charge in [0.15, 0.2) is 0 Å². The highest BCUT2D eigenvalue weighted by atomic mass is 79.9. The first-order valence-electron chi connectivity index (χ1n) is 26.2. The first kappa shape index (κ1) is 62.1. The Balaban J connectivity index is 0.000000144. The van der Waals surface area contributed by atoms with Crippen LogP contribution in [0.15, 0.2) is 278 Å². The number of halogens is 3. The van der Waals surface area contributed by atoms with Crippen LogP contribution in [0, 0.1) is 0 Å². The lowest BCUT2D eigenvalue weighted by molar-refractivity contribution is 0.00578. The summed E-state index contributed by atoms with van der Waals surface area (Å²) in [6, 6.07) is 86.4. The maximum atomic E-state index is 6.35. The Kier molecular flexibility index (Phi) is 22.0. The van der Waals surface area contributed by atoms with E-state index in [1.54, 1.807) is 45.3 Å². The zero-order valence-corrected chi connectivity index (χ0v) is 53.2. The van der Waals surface area contributed by atoms with E-state index in [1.165, 1.54) is 86.3 Å². The predicted octanol–water partition coefficient (Wildman–Crippen LogP) is 23.2. The van der Waals surface area contributed by atoms with Gasteiger partial charge in [0.1, 0.15) is 0 Å². The molecule has 0 aliphatic carbocycles. The number of benzene rings is 8. The van der Waals surface area contributed by atoms with Crippen molar-refractivity contribution < 1.29 is 9.31 Å². The third-order valence-electron chi connectivity index (χ3n) is 14.0. The van der Waals surface area contributed by atoms with Gasteiger partial charge in [0, 0.05) is 65.5 Å². The number of hydrogen-bond donors (Lipinski definition) is 0. The second-order valence-corrected chi connectivity index (χ2v) is 26.4. The zero-order valence-electron chi connectivity index (χ0n) is 45.1. The summed E-state index contributed by atoms with van der Waals surface area (Å²) >= 11 is 18.1. The second-order valence-electron chi connectivity index (χ2n) is 19.8. The monoisotopic (exact) mass is 1330 g/mol. The molecular weight excluding hydrogens is 1270 g/mol. The molecule has 1 fully saturated rings. The van der Waals surface area contributed by atoms with Crippen LogP contribution in [-0.2, 0) is 9.31 Å². The molecule has 0 N–H and O–H groups in total. The summed E-state index contributed by atoms with van der Waals surface area (Å²) in [4.78, 5) is 5.19. The van der Waals surface area contributed by atoms with E-state index in [0.29, 0.717) is 0 Å².